The highest BCUT2D eigenvalue weighted by atomic mass is 14.0. The topological polar surface area (TPSA) is 0 Å². The minimum absolute atomic E-state index is 1.22. The van der Waals surface area contributed by atoms with Gasteiger partial charge in [0.2, 0.25) is 0 Å². The van der Waals surface area contributed by atoms with E-state index < -0.39 is 0 Å². The maximum absolute atomic E-state index is 2.29. The summed E-state index contributed by atoms with van der Waals surface area (Å²) in [4.78, 5) is 0. The summed E-state index contributed by atoms with van der Waals surface area (Å²) >= 11 is 0. The van der Waals surface area contributed by atoms with Crippen molar-refractivity contribution in [1.82, 2.24) is 0 Å². The quantitative estimate of drug-likeness (QED) is 0.534. The summed E-state index contributed by atoms with van der Waals surface area (Å²) in [5.41, 5.74) is 4.36. The molecule has 0 bridgehead atoms. The molecule has 0 saturated carbocycles. The molecule has 0 aromatic carbocycles. The standard InChI is InChI=1S/C11H20/c1-6-7-11(10(4)5)8-9(2)3/h8H,6-7H2,1-5H3. The highest BCUT2D eigenvalue weighted by Crippen LogP contribution is 2.13. The first-order chi connectivity index (χ1) is 5.07. The summed E-state index contributed by atoms with van der Waals surface area (Å²) < 4.78 is 0. The lowest BCUT2D eigenvalue weighted by molar-refractivity contribution is 0.910. The molecule has 0 heteroatoms. The van der Waals surface area contributed by atoms with E-state index in [0.717, 1.165) is 0 Å². The van der Waals surface area contributed by atoms with E-state index in [1.165, 1.54) is 29.6 Å². The van der Waals surface area contributed by atoms with Crippen LogP contribution in [0.5, 0.6) is 0 Å². The molecule has 0 aromatic heterocycles. The Labute approximate surface area is 71.0 Å². The first kappa shape index (κ1) is 10.5. The summed E-state index contributed by atoms with van der Waals surface area (Å²) in [7, 11) is 0. The molecule has 0 aliphatic heterocycles. The molecule has 0 rings (SSSR count). The molecule has 0 atom stereocenters. The minimum Gasteiger partial charge on any atom is -0.0762 e. The highest BCUT2D eigenvalue weighted by Gasteiger charge is 1.93. The third-order valence-corrected chi connectivity index (χ3v) is 1.62. The van der Waals surface area contributed by atoms with Crippen molar-refractivity contribution in [2.45, 2.75) is 47.5 Å². The number of hydrogen-bond donors (Lipinski definition) is 0. The normalized spacial score (nSPS) is 9.18. The first-order valence-corrected chi connectivity index (χ1v) is 4.39. The largest absolute Gasteiger partial charge is 0.0762 e. The van der Waals surface area contributed by atoms with Gasteiger partial charge >= 0.3 is 0 Å². The van der Waals surface area contributed by atoms with Crippen LogP contribution in [-0.4, -0.2) is 0 Å². The van der Waals surface area contributed by atoms with Crippen molar-refractivity contribution in [1.29, 1.82) is 0 Å². The monoisotopic (exact) mass is 152 g/mol. The summed E-state index contributed by atoms with van der Waals surface area (Å²) in [6.07, 6.45) is 4.75. The maximum Gasteiger partial charge on any atom is -0.0282 e. The van der Waals surface area contributed by atoms with Crippen LogP contribution in [0.2, 0.25) is 0 Å². The molecule has 0 nitrogen and oxygen atoms in total. The van der Waals surface area contributed by atoms with Crippen LogP contribution in [0.3, 0.4) is 0 Å². The van der Waals surface area contributed by atoms with E-state index in [-0.39, 0.29) is 0 Å². The van der Waals surface area contributed by atoms with E-state index in [2.05, 4.69) is 40.7 Å². The maximum atomic E-state index is 2.29. The summed E-state index contributed by atoms with van der Waals surface area (Å²) in [5.74, 6) is 0. The molecule has 0 heterocycles. The van der Waals surface area contributed by atoms with Gasteiger partial charge in [-0.15, -0.1) is 0 Å². The van der Waals surface area contributed by atoms with Crippen molar-refractivity contribution in [2.75, 3.05) is 0 Å². The van der Waals surface area contributed by atoms with Crippen molar-refractivity contribution >= 4 is 0 Å². The van der Waals surface area contributed by atoms with Crippen molar-refractivity contribution < 1.29 is 0 Å². The van der Waals surface area contributed by atoms with Crippen LogP contribution in [0.15, 0.2) is 22.8 Å². The molecule has 0 amide bonds. The van der Waals surface area contributed by atoms with E-state index in [0.29, 0.717) is 0 Å². The van der Waals surface area contributed by atoms with E-state index in [1.54, 1.807) is 0 Å². The zero-order chi connectivity index (χ0) is 8.85. The molecule has 64 valence electrons. The molecule has 0 saturated heterocycles. The van der Waals surface area contributed by atoms with Crippen LogP contribution in [0.25, 0.3) is 0 Å². The lowest BCUT2D eigenvalue weighted by Crippen LogP contribution is -1.82. The predicted molar refractivity (Wildman–Crippen MR) is 52.7 cm³/mol. The number of allylic oxidation sites excluding steroid dienone is 4. The molecule has 0 aromatic rings. The molecule has 11 heavy (non-hydrogen) atoms. The van der Waals surface area contributed by atoms with Gasteiger partial charge in [-0.25, -0.2) is 0 Å². The smallest absolute Gasteiger partial charge is 0.0282 e. The Balaban J connectivity index is 4.38. The molecule has 0 aliphatic carbocycles. The van der Waals surface area contributed by atoms with Gasteiger partial charge in [0.25, 0.3) is 0 Å². The van der Waals surface area contributed by atoms with Gasteiger partial charge in [-0.1, -0.05) is 30.6 Å². The van der Waals surface area contributed by atoms with E-state index in [1.807, 2.05) is 0 Å². The average molecular weight is 152 g/mol. The highest BCUT2D eigenvalue weighted by molar-refractivity contribution is 5.25. The first-order valence-electron chi connectivity index (χ1n) is 4.39. The van der Waals surface area contributed by atoms with Crippen LogP contribution in [0.4, 0.5) is 0 Å². The predicted octanol–water partition coefficient (Wildman–Crippen LogP) is 4.09. The van der Waals surface area contributed by atoms with E-state index in [4.69, 9.17) is 0 Å². The third kappa shape index (κ3) is 4.83. The van der Waals surface area contributed by atoms with E-state index >= 15 is 0 Å². The van der Waals surface area contributed by atoms with Crippen LogP contribution in [0.1, 0.15) is 47.5 Å². The molecule has 0 spiro atoms. The van der Waals surface area contributed by atoms with Crippen molar-refractivity contribution in [3.05, 3.63) is 22.8 Å². The minimum atomic E-state index is 1.22. The Kier molecular flexibility index (Phi) is 4.93. The molecule has 0 unspecified atom stereocenters. The van der Waals surface area contributed by atoms with Gasteiger partial charge in [0, 0.05) is 0 Å². The average Bonchev–Trinajstić information content (AvgIpc) is 1.86. The van der Waals surface area contributed by atoms with Crippen LogP contribution >= 0.6 is 0 Å². The van der Waals surface area contributed by atoms with Crippen LogP contribution in [-0.2, 0) is 0 Å². The molecule has 0 fully saturated rings. The molecular formula is C11H20. The fraction of sp³-hybridized carbons (Fsp3) is 0.636. The second-order valence-electron chi connectivity index (χ2n) is 3.50. The van der Waals surface area contributed by atoms with Crippen LogP contribution < -0.4 is 0 Å². The van der Waals surface area contributed by atoms with Gasteiger partial charge in [-0.3, -0.25) is 0 Å². The lowest BCUT2D eigenvalue weighted by atomic mass is 10.0. The van der Waals surface area contributed by atoms with Gasteiger partial charge in [0.15, 0.2) is 0 Å². The Hall–Kier alpha value is -0.520. The van der Waals surface area contributed by atoms with Gasteiger partial charge in [0.05, 0.1) is 0 Å². The van der Waals surface area contributed by atoms with Crippen molar-refractivity contribution in [3.8, 4) is 0 Å². The molecular weight excluding hydrogens is 132 g/mol. The Morgan fingerprint density at radius 1 is 1.09 bits per heavy atom. The summed E-state index contributed by atoms with van der Waals surface area (Å²) in [6.45, 7) is 10.9. The Morgan fingerprint density at radius 3 is 1.91 bits per heavy atom. The number of rotatable bonds is 3. The SMILES string of the molecule is CCCC(C=C(C)C)=C(C)C. The molecule has 0 radical (unpaired) electrons. The van der Waals surface area contributed by atoms with Gasteiger partial charge in [0.1, 0.15) is 0 Å². The van der Waals surface area contributed by atoms with Crippen LogP contribution in [0, 0.1) is 0 Å². The molecule has 0 aliphatic rings. The van der Waals surface area contributed by atoms with E-state index in [9.17, 15) is 0 Å². The number of hydrogen-bond acceptors (Lipinski definition) is 0. The Bertz CT molecular complexity index is 162. The fourth-order valence-electron chi connectivity index (χ4n) is 1.08. The fourth-order valence-corrected chi connectivity index (χ4v) is 1.08. The third-order valence-electron chi connectivity index (χ3n) is 1.62. The second-order valence-corrected chi connectivity index (χ2v) is 3.50. The van der Waals surface area contributed by atoms with Gasteiger partial charge in [-0.2, -0.15) is 0 Å². The molecule has 0 N–H and O–H groups in total. The summed E-state index contributed by atoms with van der Waals surface area (Å²) in [6, 6.07) is 0. The Morgan fingerprint density at radius 2 is 1.64 bits per heavy atom. The zero-order valence-corrected chi connectivity index (χ0v) is 8.49. The zero-order valence-electron chi connectivity index (χ0n) is 8.49. The summed E-state index contributed by atoms with van der Waals surface area (Å²) in [5, 5.41) is 0. The van der Waals surface area contributed by atoms with Crippen molar-refractivity contribution in [2.24, 2.45) is 0 Å². The van der Waals surface area contributed by atoms with Gasteiger partial charge < -0.3 is 0 Å². The lowest BCUT2D eigenvalue weighted by Gasteiger charge is -2.03. The van der Waals surface area contributed by atoms with Gasteiger partial charge in [-0.05, 0) is 39.7 Å². The van der Waals surface area contributed by atoms with Crippen molar-refractivity contribution in [3.63, 3.8) is 0 Å². The second kappa shape index (κ2) is 5.17.